The van der Waals surface area contributed by atoms with Crippen LogP contribution in [-0.4, -0.2) is 50.8 Å². The molecule has 1 aromatic heterocycles. The largest absolute Gasteiger partial charge is 0.485 e. The van der Waals surface area contributed by atoms with E-state index in [1.54, 1.807) is 17.0 Å². The number of carbonyl (C=O) groups is 1. The third kappa shape index (κ3) is 4.33. The quantitative estimate of drug-likeness (QED) is 0.669. The number of amides is 1. The monoisotopic (exact) mass is 416 g/mol. The predicted molar refractivity (Wildman–Crippen MR) is 111 cm³/mol. The number of nitrogens with zero attached hydrogens (tertiary/aromatic N) is 2. The van der Waals surface area contributed by atoms with Gasteiger partial charge < -0.3 is 14.4 Å². The van der Waals surface area contributed by atoms with Crippen LogP contribution in [0.5, 0.6) is 11.5 Å². The molecule has 0 aliphatic carbocycles. The molecule has 1 aliphatic heterocycles. The van der Waals surface area contributed by atoms with Gasteiger partial charge in [0, 0.05) is 13.0 Å². The molecule has 1 aliphatic rings. The molecule has 0 bridgehead atoms. The Kier molecular flexibility index (Phi) is 5.64. The van der Waals surface area contributed by atoms with Crippen molar-refractivity contribution in [3.8, 4) is 11.5 Å². The van der Waals surface area contributed by atoms with Crippen LogP contribution in [0.4, 0.5) is 9.52 Å². The highest BCUT2D eigenvalue weighted by Crippen LogP contribution is 2.33. The van der Waals surface area contributed by atoms with E-state index >= 15 is 0 Å². The molecule has 4 rings (SSSR count). The number of carbonyl (C=O) groups excluding carboxylic acids is 1. The molecule has 29 heavy (non-hydrogen) atoms. The molecular weight excluding hydrogens is 393 g/mol. The van der Waals surface area contributed by atoms with Crippen LogP contribution >= 0.6 is 11.3 Å². The molecule has 2 heterocycles. The maximum absolute atomic E-state index is 13.6. The van der Waals surface area contributed by atoms with Crippen LogP contribution < -0.4 is 19.3 Å². The molecule has 3 aromatic rings. The molecule has 0 spiro atoms. The van der Waals surface area contributed by atoms with Gasteiger partial charge in [0.2, 0.25) is 6.10 Å². The lowest BCUT2D eigenvalue weighted by molar-refractivity contribution is -0.858. The zero-order valence-corrected chi connectivity index (χ0v) is 17.2. The Labute approximate surface area is 172 Å². The normalized spacial score (nSPS) is 15.7. The van der Waals surface area contributed by atoms with E-state index in [1.165, 1.54) is 28.4 Å². The Morgan fingerprint density at radius 1 is 1.28 bits per heavy atom. The number of ether oxygens (including phenoxy) is 2. The van der Waals surface area contributed by atoms with Crippen molar-refractivity contribution in [3.05, 3.63) is 48.3 Å². The first-order valence-corrected chi connectivity index (χ1v) is 10.4. The van der Waals surface area contributed by atoms with Crippen LogP contribution in [0.1, 0.15) is 6.42 Å². The smallest absolute Gasteiger partial charge is 0.273 e. The molecule has 0 radical (unpaired) electrons. The van der Waals surface area contributed by atoms with Gasteiger partial charge >= 0.3 is 0 Å². The fourth-order valence-corrected chi connectivity index (χ4v) is 4.23. The van der Waals surface area contributed by atoms with Crippen molar-refractivity contribution in [2.75, 3.05) is 38.7 Å². The summed E-state index contributed by atoms with van der Waals surface area (Å²) in [5.41, 5.74) is 0.675. The summed E-state index contributed by atoms with van der Waals surface area (Å²) in [6, 6.07) is 11.8. The summed E-state index contributed by atoms with van der Waals surface area (Å²) in [6.45, 7) is 1.56. The van der Waals surface area contributed by atoms with Crippen LogP contribution in [0.3, 0.4) is 0 Å². The van der Waals surface area contributed by atoms with Crippen LogP contribution in [0, 0.1) is 5.82 Å². The average Bonchev–Trinajstić information content (AvgIpc) is 3.13. The first-order chi connectivity index (χ1) is 14.0. The lowest BCUT2D eigenvalue weighted by Crippen LogP contribution is -3.05. The number of hydrogen-bond acceptors (Lipinski definition) is 5. The summed E-state index contributed by atoms with van der Waals surface area (Å²) < 4.78 is 25.9. The second kappa shape index (κ2) is 8.34. The molecule has 0 saturated carbocycles. The van der Waals surface area contributed by atoms with Gasteiger partial charge in [-0.3, -0.25) is 9.69 Å². The summed E-state index contributed by atoms with van der Waals surface area (Å²) in [7, 11) is 4.14. The molecule has 0 unspecified atom stereocenters. The van der Waals surface area contributed by atoms with E-state index in [4.69, 9.17) is 9.47 Å². The van der Waals surface area contributed by atoms with Gasteiger partial charge in [-0.25, -0.2) is 9.37 Å². The number of para-hydroxylation sites is 2. The molecule has 0 saturated heterocycles. The fourth-order valence-electron chi connectivity index (χ4n) is 3.21. The number of anilines is 1. The number of rotatable bonds is 6. The zero-order chi connectivity index (χ0) is 20.4. The molecule has 2 aromatic carbocycles. The van der Waals surface area contributed by atoms with Gasteiger partial charge in [-0.15, -0.1) is 0 Å². The lowest BCUT2D eigenvalue weighted by atomic mass is 10.2. The van der Waals surface area contributed by atoms with Crippen LogP contribution in [0.25, 0.3) is 10.2 Å². The van der Waals surface area contributed by atoms with Gasteiger partial charge in [0.25, 0.3) is 5.91 Å². The average molecular weight is 416 g/mol. The summed E-state index contributed by atoms with van der Waals surface area (Å²) >= 11 is 1.31. The van der Waals surface area contributed by atoms with Crippen molar-refractivity contribution in [1.29, 1.82) is 0 Å². The maximum atomic E-state index is 13.6. The second-order valence-corrected chi connectivity index (χ2v) is 8.28. The van der Waals surface area contributed by atoms with E-state index < -0.39 is 6.10 Å². The van der Waals surface area contributed by atoms with Gasteiger partial charge in [0.15, 0.2) is 16.6 Å². The summed E-state index contributed by atoms with van der Waals surface area (Å²) in [4.78, 5) is 20.8. The molecule has 0 fully saturated rings. The Morgan fingerprint density at radius 2 is 2.07 bits per heavy atom. The molecule has 8 heteroatoms. The van der Waals surface area contributed by atoms with Crippen LogP contribution in [-0.2, 0) is 4.79 Å². The SMILES string of the molecule is C[NH+](C)CCCN(C(=O)[C@H]1COc2ccccc2O1)c1nc2ccc(F)cc2s1. The van der Waals surface area contributed by atoms with Crippen LogP contribution in [0.2, 0.25) is 0 Å². The van der Waals surface area contributed by atoms with Gasteiger partial charge in [0.1, 0.15) is 12.4 Å². The van der Waals surface area contributed by atoms with Crippen molar-refractivity contribution in [2.24, 2.45) is 0 Å². The van der Waals surface area contributed by atoms with Gasteiger partial charge in [-0.1, -0.05) is 23.5 Å². The number of nitrogens with one attached hydrogen (secondary N) is 1. The third-order valence-corrected chi connectivity index (χ3v) is 5.72. The minimum Gasteiger partial charge on any atom is -0.485 e. The van der Waals surface area contributed by atoms with Gasteiger partial charge in [-0.05, 0) is 30.3 Å². The summed E-state index contributed by atoms with van der Waals surface area (Å²) in [5, 5.41) is 0.548. The fraction of sp³-hybridized carbons (Fsp3) is 0.333. The topological polar surface area (TPSA) is 56.1 Å². The number of hydrogen-bond donors (Lipinski definition) is 1. The lowest BCUT2D eigenvalue weighted by Gasteiger charge is -2.29. The van der Waals surface area contributed by atoms with E-state index in [0.29, 0.717) is 33.4 Å². The standard InChI is InChI=1S/C21H22FN3O3S/c1-24(2)10-5-11-25(21-23-15-9-8-14(22)12-19(15)29-21)20(26)18-13-27-16-6-3-4-7-17(16)28-18/h3-4,6-9,12,18H,5,10-11,13H2,1-2H3/p+1/t18-/m1/s1. The minimum absolute atomic E-state index is 0.144. The Bertz CT molecular complexity index is 1020. The van der Waals surface area contributed by atoms with Crippen molar-refractivity contribution in [3.63, 3.8) is 0 Å². The van der Waals surface area contributed by atoms with Crippen molar-refractivity contribution >= 4 is 32.6 Å². The highest BCUT2D eigenvalue weighted by molar-refractivity contribution is 7.22. The van der Waals surface area contributed by atoms with E-state index in [-0.39, 0.29) is 18.3 Å². The third-order valence-electron chi connectivity index (χ3n) is 4.68. The molecular formula is C21H23FN3O3S+. The van der Waals surface area contributed by atoms with E-state index in [9.17, 15) is 9.18 Å². The molecule has 152 valence electrons. The number of fused-ring (bicyclic) bond motifs is 2. The highest BCUT2D eigenvalue weighted by Gasteiger charge is 2.33. The molecule has 1 N–H and O–H groups in total. The molecule has 6 nitrogen and oxygen atoms in total. The number of thiazole rings is 1. The van der Waals surface area contributed by atoms with Crippen molar-refractivity contribution in [1.82, 2.24) is 4.98 Å². The first-order valence-electron chi connectivity index (χ1n) is 9.56. The minimum atomic E-state index is -0.750. The van der Waals surface area contributed by atoms with Crippen LogP contribution in [0.15, 0.2) is 42.5 Å². The Balaban J connectivity index is 1.60. The Morgan fingerprint density at radius 3 is 2.86 bits per heavy atom. The number of aromatic nitrogens is 1. The predicted octanol–water partition coefficient (Wildman–Crippen LogP) is 2.14. The van der Waals surface area contributed by atoms with Crippen molar-refractivity contribution < 1.29 is 23.6 Å². The van der Waals surface area contributed by atoms with E-state index in [0.717, 1.165) is 13.0 Å². The summed E-state index contributed by atoms with van der Waals surface area (Å²) in [6.07, 6.45) is 0.0584. The first kappa shape index (κ1) is 19.6. The highest BCUT2D eigenvalue weighted by atomic mass is 32.1. The molecule has 1 atom stereocenters. The second-order valence-electron chi connectivity index (χ2n) is 7.27. The van der Waals surface area contributed by atoms with Gasteiger partial charge in [-0.2, -0.15) is 0 Å². The number of halogens is 1. The van der Waals surface area contributed by atoms with Gasteiger partial charge in [0.05, 0.1) is 30.9 Å². The number of quaternary nitrogens is 1. The van der Waals surface area contributed by atoms with Crippen molar-refractivity contribution in [2.45, 2.75) is 12.5 Å². The summed E-state index contributed by atoms with van der Waals surface area (Å²) in [5.74, 6) is 0.672. The maximum Gasteiger partial charge on any atom is 0.273 e. The molecule has 1 amide bonds. The zero-order valence-electron chi connectivity index (χ0n) is 16.4. The van der Waals surface area contributed by atoms with E-state index in [1.807, 2.05) is 18.2 Å². The van der Waals surface area contributed by atoms with E-state index in [2.05, 4.69) is 19.1 Å². The number of benzene rings is 2. The Hall–Kier alpha value is -2.71.